The van der Waals surface area contributed by atoms with E-state index in [-0.39, 0.29) is 12.1 Å². The quantitative estimate of drug-likeness (QED) is 0.758. The molecule has 100 valence electrons. The zero-order chi connectivity index (χ0) is 12.3. The third-order valence-corrected chi connectivity index (χ3v) is 4.63. The van der Waals surface area contributed by atoms with Gasteiger partial charge in [0.25, 0.3) is 0 Å². The second-order valence-electron chi connectivity index (χ2n) is 5.46. The van der Waals surface area contributed by atoms with E-state index >= 15 is 0 Å². The molecule has 1 aliphatic heterocycles. The molecule has 4 heteroatoms. The average molecular weight is 242 g/mol. The summed E-state index contributed by atoms with van der Waals surface area (Å²) in [5.41, 5.74) is -0.0404. The molecule has 3 unspecified atom stereocenters. The van der Waals surface area contributed by atoms with Crippen molar-refractivity contribution in [1.82, 2.24) is 10.2 Å². The average Bonchev–Trinajstić information content (AvgIpc) is 2.83. The predicted molar refractivity (Wildman–Crippen MR) is 68.1 cm³/mol. The number of morpholine rings is 1. The number of nitrogens with zero attached hydrogens (tertiary/aromatic N) is 1. The first-order valence-corrected chi connectivity index (χ1v) is 6.88. The van der Waals surface area contributed by atoms with Gasteiger partial charge in [0.05, 0.1) is 19.8 Å². The van der Waals surface area contributed by atoms with Crippen molar-refractivity contribution >= 4 is 0 Å². The summed E-state index contributed by atoms with van der Waals surface area (Å²) in [6, 6.07) is 1.18. The maximum atomic E-state index is 9.55. The summed E-state index contributed by atoms with van der Waals surface area (Å²) in [6.45, 7) is 5.27. The normalized spacial score (nSPS) is 39.7. The number of likely N-dealkylation sites (N-methyl/N-ethyl adjacent to an activating group) is 1. The standard InChI is InChI=1S/C13H26N2O2/c1-3-11-9-17-7-6-15(11)12-4-5-13(8-12,10-16)14-2/h11-12,14,16H,3-10H2,1-2H3. The molecule has 0 bridgehead atoms. The van der Waals surface area contributed by atoms with Gasteiger partial charge in [0, 0.05) is 24.2 Å². The number of aliphatic hydroxyl groups excluding tert-OH is 1. The first kappa shape index (κ1) is 13.3. The van der Waals surface area contributed by atoms with Crippen molar-refractivity contribution < 1.29 is 9.84 Å². The monoisotopic (exact) mass is 242 g/mol. The minimum atomic E-state index is -0.0404. The van der Waals surface area contributed by atoms with E-state index in [1.54, 1.807) is 0 Å². The van der Waals surface area contributed by atoms with Crippen LogP contribution in [0.4, 0.5) is 0 Å². The maximum Gasteiger partial charge on any atom is 0.0622 e. The summed E-state index contributed by atoms with van der Waals surface area (Å²) in [5, 5.41) is 12.9. The molecule has 0 aromatic heterocycles. The summed E-state index contributed by atoms with van der Waals surface area (Å²) in [7, 11) is 1.97. The summed E-state index contributed by atoms with van der Waals surface area (Å²) in [5.74, 6) is 0. The highest BCUT2D eigenvalue weighted by Crippen LogP contribution is 2.34. The number of hydrogen-bond donors (Lipinski definition) is 2. The van der Waals surface area contributed by atoms with Gasteiger partial charge < -0.3 is 15.2 Å². The van der Waals surface area contributed by atoms with Crippen molar-refractivity contribution in [2.45, 2.75) is 50.2 Å². The van der Waals surface area contributed by atoms with Gasteiger partial charge in [-0.15, -0.1) is 0 Å². The highest BCUT2D eigenvalue weighted by Gasteiger charge is 2.41. The molecule has 1 saturated heterocycles. The first-order valence-electron chi connectivity index (χ1n) is 6.88. The smallest absolute Gasteiger partial charge is 0.0622 e. The van der Waals surface area contributed by atoms with Gasteiger partial charge in [0.15, 0.2) is 0 Å². The van der Waals surface area contributed by atoms with Crippen LogP contribution in [0.25, 0.3) is 0 Å². The van der Waals surface area contributed by atoms with Crippen molar-refractivity contribution in [2.24, 2.45) is 0 Å². The Balaban J connectivity index is 1.98. The topological polar surface area (TPSA) is 44.7 Å². The van der Waals surface area contributed by atoms with Gasteiger partial charge in [-0.3, -0.25) is 4.90 Å². The molecular formula is C13H26N2O2. The molecule has 17 heavy (non-hydrogen) atoms. The fourth-order valence-corrected chi connectivity index (χ4v) is 3.33. The lowest BCUT2D eigenvalue weighted by Crippen LogP contribution is -2.52. The maximum absolute atomic E-state index is 9.55. The Kier molecular flexibility index (Phi) is 4.42. The van der Waals surface area contributed by atoms with Crippen molar-refractivity contribution in [1.29, 1.82) is 0 Å². The van der Waals surface area contributed by atoms with Crippen molar-refractivity contribution in [3.8, 4) is 0 Å². The Morgan fingerprint density at radius 1 is 1.53 bits per heavy atom. The molecule has 0 aromatic rings. The van der Waals surface area contributed by atoms with E-state index in [0.29, 0.717) is 12.1 Å². The van der Waals surface area contributed by atoms with Crippen molar-refractivity contribution in [3.63, 3.8) is 0 Å². The van der Waals surface area contributed by atoms with Gasteiger partial charge in [-0.2, -0.15) is 0 Å². The van der Waals surface area contributed by atoms with Crippen LogP contribution < -0.4 is 5.32 Å². The van der Waals surface area contributed by atoms with Gasteiger partial charge in [0.2, 0.25) is 0 Å². The summed E-state index contributed by atoms with van der Waals surface area (Å²) < 4.78 is 5.56. The summed E-state index contributed by atoms with van der Waals surface area (Å²) in [4.78, 5) is 2.61. The lowest BCUT2D eigenvalue weighted by Gasteiger charge is -2.40. The lowest BCUT2D eigenvalue weighted by molar-refractivity contribution is -0.0307. The van der Waals surface area contributed by atoms with Crippen LogP contribution in [0.1, 0.15) is 32.6 Å². The van der Waals surface area contributed by atoms with E-state index in [2.05, 4.69) is 17.1 Å². The molecule has 0 spiro atoms. The van der Waals surface area contributed by atoms with Crippen LogP contribution in [0, 0.1) is 0 Å². The number of aliphatic hydroxyl groups is 1. The van der Waals surface area contributed by atoms with Gasteiger partial charge in [-0.25, -0.2) is 0 Å². The third kappa shape index (κ3) is 2.65. The zero-order valence-electron chi connectivity index (χ0n) is 11.1. The van der Waals surface area contributed by atoms with E-state index in [0.717, 1.165) is 39.0 Å². The predicted octanol–water partition coefficient (Wildman–Crippen LogP) is 0.600. The number of nitrogens with one attached hydrogen (secondary N) is 1. The van der Waals surface area contributed by atoms with Gasteiger partial charge in [-0.1, -0.05) is 6.92 Å². The largest absolute Gasteiger partial charge is 0.394 e. The second kappa shape index (κ2) is 5.65. The third-order valence-electron chi connectivity index (χ3n) is 4.63. The minimum absolute atomic E-state index is 0.0404. The highest BCUT2D eigenvalue weighted by atomic mass is 16.5. The summed E-state index contributed by atoms with van der Waals surface area (Å²) in [6.07, 6.45) is 4.50. The van der Waals surface area contributed by atoms with Crippen LogP contribution in [0.2, 0.25) is 0 Å². The molecule has 2 aliphatic rings. The molecular weight excluding hydrogens is 216 g/mol. The van der Waals surface area contributed by atoms with Crippen LogP contribution >= 0.6 is 0 Å². The zero-order valence-corrected chi connectivity index (χ0v) is 11.1. The Labute approximate surface area is 104 Å². The Bertz CT molecular complexity index is 244. The lowest BCUT2D eigenvalue weighted by atomic mass is 9.98. The molecule has 1 heterocycles. The van der Waals surface area contributed by atoms with Crippen molar-refractivity contribution in [3.05, 3.63) is 0 Å². The van der Waals surface area contributed by atoms with E-state index in [1.807, 2.05) is 7.05 Å². The van der Waals surface area contributed by atoms with Crippen LogP contribution in [-0.2, 0) is 4.74 Å². The first-order chi connectivity index (χ1) is 8.24. The highest BCUT2D eigenvalue weighted by molar-refractivity contribution is 5.00. The van der Waals surface area contributed by atoms with Gasteiger partial charge >= 0.3 is 0 Å². The second-order valence-corrected chi connectivity index (χ2v) is 5.46. The molecule has 0 amide bonds. The van der Waals surface area contributed by atoms with Crippen LogP contribution in [0.15, 0.2) is 0 Å². The molecule has 4 nitrogen and oxygen atoms in total. The van der Waals surface area contributed by atoms with Crippen LogP contribution in [0.5, 0.6) is 0 Å². The molecule has 1 saturated carbocycles. The Morgan fingerprint density at radius 3 is 2.94 bits per heavy atom. The fourth-order valence-electron chi connectivity index (χ4n) is 3.33. The number of ether oxygens (including phenoxy) is 1. The molecule has 2 fully saturated rings. The molecule has 0 radical (unpaired) electrons. The molecule has 2 N–H and O–H groups in total. The van der Waals surface area contributed by atoms with E-state index in [9.17, 15) is 5.11 Å². The van der Waals surface area contributed by atoms with Crippen LogP contribution in [-0.4, -0.2) is 61.0 Å². The van der Waals surface area contributed by atoms with Gasteiger partial charge in [-0.05, 0) is 32.7 Å². The molecule has 0 aromatic carbocycles. The number of rotatable bonds is 4. The number of hydrogen-bond acceptors (Lipinski definition) is 4. The SMILES string of the molecule is CCC1COCCN1C1CCC(CO)(NC)C1. The molecule has 1 aliphatic carbocycles. The van der Waals surface area contributed by atoms with E-state index in [1.165, 1.54) is 6.42 Å². The molecule has 2 rings (SSSR count). The van der Waals surface area contributed by atoms with E-state index in [4.69, 9.17) is 4.74 Å². The summed E-state index contributed by atoms with van der Waals surface area (Å²) >= 11 is 0. The van der Waals surface area contributed by atoms with E-state index < -0.39 is 0 Å². The van der Waals surface area contributed by atoms with Gasteiger partial charge in [0.1, 0.15) is 0 Å². The Morgan fingerprint density at radius 2 is 2.35 bits per heavy atom. The molecule has 3 atom stereocenters. The van der Waals surface area contributed by atoms with Crippen LogP contribution in [0.3, 0.4) is 0 Å². The minimum Gasteiger partial charge on any atom is -0.394 e. The van der Waals surface area contributed by atoms with Crippen molar-refractivity contribution in [2.75, 3.05) is 33.4 Å². The fraction of sp³-hybridized carbons (Fsp3) is 1.00. The Hall–Kier alpha value is -0.160.